The van der Waals surface area contributed by atoms with Crippen molar-refractivity contribution in [2.75, 3.05) is 16.8 Å². The summed E-state index contributed by atoms with van der Waals surface area (Å²) >= 11 is 1.10. The maximum absolute atomic E-state index is 13.2. The summed E-state index contributed by atoms with van der Waals surface area (Å²) in [6.07, 6.45) is 0. The fraction of sp³-hybridized carbons (Fsp3) is 0.0714. The predicted octanol–water partition coefficient (Wildman–Crippen LogP) is 3.42. The summed E-state index contributed by atoms with van der Waals surface area (Å²) in [5.74, 6) is -2.99. The average molecular weight is 312 g/mol. The molecule has 2 aromatic rings. The number of benzene rings is 2. The molecule has 0 unspecified atom stereocenters. The molecule has 0 aliphatic rings. The number of nitrogens with one attached hydrogen (secondary N) is 1. The Morgan fingerprint density at radius 2 is 1.81 bits per heavy atom. The Bertz CT molecular complexity index is 679. The number of anilines is 2. The second-order valence-corrected chi connectivity index (χ2v) is 5.20. The molecule has 0 radical (unpaired) electrons. The van der Waals surface area contributed by atoms with Crippen molar-refractivity contribution in [2.45, 2.75) is 4.90 Å². The van der Waals surface area contributed by atoms with E-state index in [9.17, 15) is 18.0 Å². The Kier molecular flexibility index (Phi) is 4.74. The number of carbonyl (C=O) groups excluding carboxylic acids is 1. The molecule has 3 N–H and O–H groups in total. The van der Waals surface area contributed by atoms with Gasteiger partial charge in [0.25, 0.3) is 0 Å². The van der Waals surface area contributed by atoms with Crippen LogP contribution in [-0.4, -0.2) is 11.7 Å². The summed E-state index contributed by atoms with van der Waals surface area (Å²) < 4.78 is 38.9. The van der Waals surface area contributed by atoms with Crippen molar-refractivity contribution in [1.29, 1.82) is 0 Å². The van der Waals surface area contributed by atoms with Crippen LogP contribution in [0.4, 0.5) is 24.5 Å². The molecule has 3 nitrogen and oxygen atoms in total. The number of amides is 1. The number of nitrogens with two attached hydrogens (primary N) is 1. The van der Waals surface area contributed by atoms with E-state index < -0.39 is 23.4 Å². The summed E-state index contributed by atoms with van der Waals surface area (Å²) in [5, 5.41) is 2.42. The fourth-order valence-corrected chi connectivity index (χ4v) is 2.24. The van der Waals surface area contributed by atoms with Crippen LogP contribution in [0.1, 0.15) is 0 Å². The molecule has 0 saturated carbocycles. The van der Waals surface area contributed by atoms with Gasteiger partial charge in [0.15, 0.2) is 11.6 Å². The molecule has 0 aliphatic heterocycles. The summed E-state index contributed by atoms with van der Waals surface area (Å²) in [7, 11) is 0. The highest BCUT2D eigenvalue weighted by Gasteiger charge is 2.08. The lowest BCUT2D eigenvalue weighted by molar-refractivity contribution is -0.113. The predicted molar refractivity (Wildman–Crippen MR) is 76.5 cm³/mol. The lowest BCUT2D eigenvalue weighted by Gasteiger charge is -2.06. The topological polar surface area (TPSA) is 55.1 Å². The van der Waals surface area contributed by atoms with E-state index in [0.717, 1.165) is 23.9 Å². The Morgan fingerprint density at radius 3 is 2.48 bits per heavy atom. The van der Waals surface area contributed by atoms with Crippen LogP contribution < -0.4 is 11.1 Å². The molecule has 0 fully saturated rings. The van der Waals surface area contributed by atoms with Crippen LogP contribution in [0.5, 0.6) is 0 Å². The zero-order valence-electron chi connectivity index (χ0n) is 10.7. The van der Waals surface area contributed by atoms with Gasteiger partial charge in [-0.05, 0) is 30.3 Å². The largest absolute Gasteiger partial charge is 0.396 e. The fourth-order valence-electron chi connectivity index (χ4n) is 1.52. The molecule has 1 amide bonds. The van der Waals surface area contributed by atoms with Crippen LogP contribution >= 0.6 is 11.8 Å². The van der Waals surface area contributed by atoms with Crippen molar-refractivity contribution < 1.29 is 18.0 Å². The zero-order valence-corrected chi connectivity index (χ0v) is 11.5. The standard InChI is InChI=1S/C14H11F3N2OS/c15-10-3-1-8(5-11(10)16)19-14(20)7-21-9-2-4-13(18)12(17)6-9/h1-6H,7,18H2,(H,19,20). The monoisotopic (exact) mass is 312 g/mol. The minimum absolute atomic E-state index is 0.00233. The van der Waals surface area contributed by atoms with Crippen molar-refractivity contribution in [3.8, 4) is 0 Å². The molecule has 0 atom stereocenters. The van der Waals surface area contributed by atoms with Gasteiger partial charge in [0.05, 0.1) is 11.4 Å². The minimum Gasteiger partial charge on any atom is -0.396 e. The van der Waals surface area contributed by atoms with Gasteiger partial charge >= 0.3 is 0 Å². The molecule has 0 saturated heterocycles. The normalized spacial score (nSPS) is 10.4. The van der Waals surface area contributed by atoms with Crippen LogP contribution in [0.25, 0.3) is 0 Å². The molecule has 0 heterocycles. The maximum atomic E-state index is 13.2. The van der Waals surface area contributed by atoms with E-state index in [4.69, 9.17) is 5.73 Å². The molecular formula is C14H11F3N2OS. The van der Waals surface area contributed by atoms with E-state index in [-0.39, 0.29) is 17.1 Å². The van der Waals surface area contributed by atoms with Crippen LogP contribution in [0.15, 0.2) is 41.3 Å². The summed E-state index contributed by atoms with van der Waals surface area (Å²) in [5.41, 5.74) is 5.53. The number of hydrogen-bond acceptors (Lipinski definition) is 3. The zero-order chi connectivity index (χ0) is 15.4. The Morgan fingerprint density at radius 1 is 1.05 bits per heavy atom. The summed E-state index contributed by atoms with van der Waals surface area (Å²) in [6, 6.07) is 7.29. The molecule has 0 aromatic heterocycles. The van der Waals surface area contributed by atoms with Crippen molar-refractivity contribution in [1.82, 2.24) is 0 Å². The Hall–Kier alpha value is -2.15. The average Bonchev–Trinajstić information content (AvgIpc) is 2.44. The summed E-state index contributed by atoms with van der Waals surface area (Å²) in [4.78, 5) is 12.2. The molecule has 0 bridgehead atoms. The third-order valence-electron chi connectivity index (χ3n) is 2.55. The van der Waals surface area contributed by atoms with Gasteiger partial charge in [0.1, 0.15) is 5.82 Å². The Balaban J connectivity index is 1.92. The van der Waals surface area contributed by atoms with Gasteiger partial charge in [-0.15, -0.1) is 11.8 Å². The maximum Gasteiger partial charge on any atom is 0.234 e. The first-order valence-electron chi connectivity index (χ1n) is 5.88. The van der Waals surface area contributed by atoms with Gasteiger partial charge in [-0.1, -0.05) is 0 Å². The smallest absolute Gasteiger partial charge is 0.234 e. The Labute approximate surface area is 123 Å². The second kappa shape index (κ2) is 6.53. The minimum atomic E-state index is -1.04. The van der Waals surface area contributed by atoms with Gasteiger partial charge in [0.2, 0.25) is 5.91 Å². The van der Waals surface area contributed by atoms with Crippen LogP contribution in [0.3, 0.4) is 0 Å². The van der Waals surface area contributed by atoms with Gasteiger partial charge in [0, 0.05) is 16.6 Å². The third kappa shape index (κ3) is 4.16. The molecule has 110 valence electrons. The van der Waals surface area contributed by atoms with Gasteiger partial charge < -0.3 is 11.1 Å². The number of thioether (sulfide) groups is 1. The number of hydrogen-bond donors (Lipinski definition) is 2. The third-order valence-corrected chi connectivity index (χ3v) is 3.54. The van der Waals surface area contributed by atoms with Gasteiger partial charge in [-0.3, -0.25) is 4.79 Å². The van der Waals surface area contributed by atoms with Crippen molar-refractivity contribution in [3.63, 3.8) is 0 Å². The number of nitrogen functional groups attached to an aromatic ring is 1. The van der Waals surface area contributed by atoms with Crippen LogP contribution in [0, 0.1) is 17.5 Å². The van der Waals surface area contributed by atoms with E-state index in [1.165, 1.54) is 18.2 Å². The van der Waals surface area contributed by atoms with E-state index in [1.54, 1.807) is 6.07 Å². The van der Waals surface area contributed by atoms with Crippen LogP contribution in [-0.2, 0) is 4.79 Å². The molecule has 0 aliphatic carbocycles. The van der Waals surface area contributed by atoms with E-state index in [0.29, 0.717) is 4.90 Å². The molecular weight excluding hydrogens is 301 g/mol. The molecule has 2 rings (SSSR count). The first-order chi connectivity index (χ1) is 9.95. The first kappa shape index (κ1) is 15.2. The lowest BCUT2D eigenvalue weighted by Crippen LogP contribution is -2.14. The number of halogens is 3. The highest BCUT2D eigenvalue weighted by molar-refractivity contribution is 8.00. The van der Waals surface area contributed by atoms with E-state index in [2.05, 4.69) is 5.32 Å². The first-order valence-corrected chi connectivity index (χ1v) is 6.87. The van der Waals surface area contributed by atoms with Crippen molar-refractivity contribution >= 4 is 29.0 Å². The number of rotatable bonds is 4. The quantitative estimate of drug-likeness (QED) is 0.672. The molecule has 7 heteroatoms. The highest BCUT2D eigenvalue weighted by Crippen LogP contribution is 2.22. The molecule has 2 aromatic carbocycles. The summed E-state index contributed by atoms with van der Waals surface area (Å²) in [6.45, 7) is 0. The van der Waals surface area contributed by atoms with Crippen LogP contribution in [0.2, 0.25) is 0 Å². The molecule has 21 heavy (non-hydrogen) atoms. The van der Waals surface area contributed by atoms with E-state index in [1.807, 2.05) is 0 Å². The lowest BCUT2D eigenvalue weighted by atomic mass is 10.3. The second-order valence-electron chi connectivity index (χ2n) is 4.15. The highest BCUT2D eigenvalue weighted by atomic mass is 32.2. The van der Waals surface area contributed by atoms with E-state index >= 15 is 0 Å². The van der Waals surface area contributed by atoms with Crippen molar-refractivity contribution in [3.05, 3.63) is 53.8 Å². The van der Waals surface area contributed by atoms with Crippen molar-refractivity contribution in [2.24, 2.45) is 0 Å². The van der Waals surface area contributed by atoms with Gasteiger partial charge in [-0.2, -0.15) is 0 Å². The number of carbonyl (C=O) groups is 1. The van der Waals surface area contributed by atoms with Gasteiger partial charge in [-0.25, -0.2) is 13.2 Å². The molecule has 0 spiro atoms. The SMILES string of the molecule is Nc1ccc(SCC(=O)Nc2ccc(F)c(F)c2)cc1F.